The number of carbonyl (C=O) groups is 1. The van der Waals surface area contributed by atoms with Crippen molar-refractivity contribution in [1.82, 2.24) is 5.32 Å². The van der Waals surface area contributed by atoms with Gasteiger partial charge < -0.3 is 19.6 Å². The van der Waals surface area contributed by atoms with Gasteiger partial charge in [0.15, 0.2) is 5.76 Å². The van der Waals surface area contributed by atoms with Gasteiger partial charge in [-0.1, -0.05) is 0 Å². The summed E-state index contributed by atoms with van der Waals surface area (Å²) in [6, 6.07) is 3.18. The molecule has 0 saturated carbocycles. The molecular weight excluding hydrogens is 198 g/mol. The van der Waals surface area contributed by atoms with Gasteiger partial charge in [-0.05, 0) is 19.1 Å². The van der Waals surface area contributed by atoms with Crippen LogP contribution in [0.3, 0.4) is 0 Å². The van der Waals surface area contributed by atoms with Gasteiger partial charge in [-0.25, -0.2) is 0 Å². The number of hydrogen-bond donors (Lipinski definition) is 2. The van der Waals surface area contributed by atoms with Crippen molar-refractivity contribution >= 4 is 5.91 Å². The molecule has 1 aromatic heterocycles. The van der Waals surface area contributed by atoms with E-state index in [9.17, 15) is 9.90 Å². The molecule has 1 aromatic rings. The van der Waals surface area contributed by atoms with Crippen molar-refractivity contribution in [2.24, 2.45) is 0 Å². The van der Waals surface area contributed by atoms with E-state index in [1.165, 1.54) is 13.4 Å². The molecule has 0 aromatic carbocycles. The fourth-order valence-electron chi connectivity index (χ4n) is 1.13. The molecule has 15 heavy (non-hydrogen) atoms. The van der Waals surface area contributed by atoms with Gasteiger partial charge in [0.05, 0.1) is 12.9 Å². The van der Waals surface area contributed by atoms with Crippen LogP contribution in [-0.4, -0.2) is 36.9 Å². The van der Waals surface area contributed by atoms with Crippen molar-refractivity contribution in [1.29, 1.82) is 0 Å². The smallest absolute Gasteiger partial charge is 0.287 e. The minimum Gasteiger partial charge on any atom is -0.459 e. The maximum Gasteiger partial charge on any atom is 0.287 e. The van der Waals surface area contributed by atoms with E-state index in [1.54, 1.807) is 19.1 Å². The lowest BCUT2D eigenvalue weighted by Gasteiger charge is -2.22. The van der Waals surface area contributed by atoms with Gasteiger partial charge in [-0.2, -0.15) is 0 Å². The van der Waals surface area contributed by atoms with Crippen LogP contribution >= 0.6 is 0 Å². The molecule has 1 atom stereocenters. The zero-order valence-electron chi connectivity index (χ0n) is 8.82. The standard InChI is InChI=1S/C10H15NO4/c1-10(13,7-14-2)6-11-9(12)8-4-3-5-15-8/h3-5,13H,6-7H2,1-2H3,(H,11,12)/t10-/m0/s1. The van der Waals surface area contributed by atoms with Crippen LogP contribution in [-0.2, 0) is 4.74 Å². The van der Waals surface area contributed by atoms with E-state index in [4.69, 9.17) is 9.15 Å². The number of methoxy groups -OCH3 is 1. The molecule has 84 valence electrons. The highest BCUT2D eigenvalue weighted by Crippen LogP contribution is 2.03. The van der Waals surface area contributed by atoms with Crippen LogP contribution in [0.5, 0.6) is 0 Å². The Morgan fingerprint density at radius 2 is 2.47 bits per heavy atom. The molecule has 0 aliphatic carbocycles. The van der Waals surface area contributed by atoms with Gasteiger partial charge in [-0.3, -0.25) is 4.79 Å². The molecule has 1 amide bonds. The molecule has 0 bridgehead atoms. The van der Waals surface area contributed by atoms with Crippen molar-refractivity contribution in [2.75, 3.05) is 20.3 Å². The zero-order chi connectivity index (χ0) is 11.3. The zero-order valence-corrected chi connectivity index (χ0v) is 8.82. The van der Waals surface area contributed by atoms with E-state index in [2.05, 4.69) is 5.32 Å². The van der Waals surface area contributed by atoms with Crippen LogP contribution in [0.15, 0.2) is 22.8 Å². The molecular formula is C10H15NO4. The number of nitrogens with one attached hydrogen (secondary N) is 1. The number of carbonyl (C=O) groups excluding carboxylic acids is 1. The van der Waals surface area contributed by atoms with Crippen molar-refractivity contribution in [3.8, 4) is 0 Å². The Morgan fingerprint density at radius 3 is 3.00 bits per heavy atom. The molecule has 0 aliphatic heterocycles. The molecule has 1 heterocycles. The molecule has 0 radical (unpaired) electrons. The molecule has 5 nitrogen and oxygen atoms in total. The molecule has 2 N–H and O–H groups in total. The monoisotopic (exact) mass is 213 g/mol. The maximum atomic E-state index is 11.4. The first-order valence-electron chi connectivity index (χ1n) is 4.58. The molecule has 0 aliphatic rings. The summed E-state index contributed by atoms with van der Waals surface area (Å²) >= 11 is 0. The van der Waals surface area contributed by atoms with E-state index in [-0.39, 0.29) is 24.8 Å². The van der Waals surface area contributed by atoms with Crippen LogP contribution in [0.1, 0.15) is 17.5 Å². The fraction of sp³-hybridized carbons (Fsp3) is 0.500. The molecule has 0 saturated heterocycles. The predicted octanol–water partition coefficient (Wildman–Crippen LogP) is 0.407. The third-order valence-electron chi connectivity index (χ3n) is 1.83. The quantitative estimate of drug-likeness (QED) is 0.743. The van der Waals surface area contributed by atoms with Crippen molar-refractivity contribution < 1.29 is 19.1 Å². The van der Waals surface area contributed by atoms with Crippen LogP contribution in [0.25, 0.3) is 0 Å². The summed E-state index contributed by atoms with van der Waals surface area (Å²) < 4.78 is 9.70. The van der Waals surface area contributed by atoms with E-state index in [1.807, 2.05) is 0 Å². The van der Waals surface area contributed by atoms with Gasteiger partial charge >= 0.3 is 0 Å². The first kappa shape index (κ1) is 11.7. The Labute approximate surface area is 88.0 Å². The number of amides is 1. The highest BCUT2D eigenvalue weighted by Gasteiger charge is 2.21. The highest BCUT2D eigenvalue weighted by molar-refractivity contribution is 5.91. The molecule has 0 unspecified atom stereocenters. The second-order valence-corrected chi connectivity index (χ2v) is 3.59. The number of aliphatic hydroxyl groups is 1. The van der Waals surface area contributed by atoms with Crippen LogP contribution in [0, 0.1) is 0 Å². The summed E-state index contributed by atoms with van der Waals surface area (Å²) in [5.41, 5.74) is -1.07. The second kappa shape index (κ2) is 4.95. The number of rotatable bonds is 5. The Bertz CT molecular complexity index is 305. The Hall–Kier alpha value is -1.33. The number of hydrogen-bond acceptors (Lipinski definition) is 4. The highest BCUT2D eigenvalue weighted by atomic mass is 16.5. The number of ether oxygens (including phenoxy) is 1. The number of furan rings is 1. The summed E-state index contributed by atoms with van der Waals surface area (Å²) in [6.45, 7) is 1.85. The minimum atomic E-state index is -1.07. The Balaban J connectivity index is 2.40. The fourth-order valence-corrected chi connectivity index (χ4v) is 1.13. The van der Waals surface area contributed by atoms with Crippen molar-refractivity contribution in [3.05, 3.63) is 24.2 Å². The normalized spacial score (nSPS) is 14.6. The topological polar surface area (TPSA) is 71.7 Å². The predicted molar refractivity (Wildman–Crippen MR) is 53.5 cm³/mol. The Morgan fingerprint density at radius 1 is 1.73 bits per heavy atom. The SMILES string of the molecule is COC[C@@](C)(O)CNC(=O)c1ccco1. The summed E-state index contributed by atoms with van der Waals surface area (Å²) in [5.74, 6) is -0.125. The largest absolute Gasteiger partial charge is 0.459 e. The van der Waals surface area contributed by atoms with Crippen molar-refractivity contribution in [2.45, 2.75) is 12.5 Å². The van der Waals surface area contributed by atoms with Crippen molar-refractivity contribution in [3.63, 3.8) is 0 Å². The average Bonchev–Trinajstić information content (AvgIpc) is 2.67. The lowest BCUT2D eigenvalue weighted by molar-refractivity contribution is -0.0148. The first-order chi connectivity index (χ1) is 7.05. The first-order valence-corrected chi connectivity index (χ1v) is 4.58. The van der Waals surface area contributed by atoms with E-state index < -0.39 is 5.60 Å². The third kappa shape index (κ3) is 3.73. The molecule has 5 heteroatoms. The van der Waals surface area contributed by atoms with Gasteiger partial charge in [-0.15, -0.1) is 0 Å². The van der Waals surface area contributed by atoms with Crippen LogP contribution in [0.2, 0.25) is 0 Å². The molecule has 0 fully saturated rings. The summed E-state index contributed by atoms with van der Waals surface area (Å²) in [6.07, 6.45) is 1.42. The lowest BCUT2D eigenvalue weighted by atomic mass is 10.1. The van der Waals surface area contributed by atoms with Gasteiger partial charge in [0.25, 0.3) is 5.91 Å². The second-order valence-electron chi connectivity index (χ2n) is 3.59. The summed E-state index contributed by atoms with van der Waals surface area (Å²) in [7, 11) is 1.49. The molecule has 0 spiro atoms. The van der Waals surface area contributed by atoms with Gasteiger partial charge in [0, 0.05) is 13.7 Å². The van der Waals surface area contributed by atoms with Crippen LogP contribution in [0.4, 0.5) is 0 Å². The third-order valence-corrected chi connectivity index (χ3v) is 1.83. The van der Waals surface area contributed by atoms with E-state index in [0.29, 0.717) is 0 Å². The lowest BCUT2D eigenvalue weighted by Crippen LogP contribution is -2.43. The van der Waals surface area contributed by atoms with Gasteiger partial charge in [0.1, 0.15) is 5.60 Å². The minimum absolute atomic E-state index is 0.111. The van der Waals surface area contributed by atoms with Gasteiger partial charge in [0.2, 0.25) is 0 Å². The van der Waals surface area contributed by atoms with E-state index in [0.717, 1.165) is 0 Å². The summed E-state index contributed by atoms with van der Waals surface area (Å²) in [4.78, 5) is 11.4. The average molecular weight is 213 g/mol. The van der Waals surface area contributed by atoms with Crippen LogP contribution < -0.4 is 5.32 Å². The summed E-state index contributed by atoms with van der Waals surface area (Å²) in [5, 5.41) is 12.2. The Kier molecular flexibility index (Phi) is 3.88. The molecule has 1 rings (SSSR count). The maximum absolute atomic E-state index is 11.4. The van der Waals surface area contributed by atoms with E-state index >= 15 is 0 Å².